The number of rotatable bonds is 3. The van der Waals surface area contributed by atoms with Gasteiger partial charge in [-0.25, -0.2) is 8.78 Å². The van der Waals surface area contributed by atoms with Crippen LogP contribution in [0.25, 0.3) is 16.7 Å². The quantitative estimate of drug-likeness (QED) is 0.400. The minimum atomic E-state index is -4.60. The van der Waals surface area contributed by atoms with Crippen LogP contribution in [0.4, 0.5) is 22.0 Å². The molecule has 1 aliphatic carbocycles. The molecule has 0 spiro atoms. The number of benzene rings is 2. The molecule has 0 N–H and O–H groups in total. The van der Waals surface area contributed by atoms with Crippen molar-refractivity contribution < 1.29 is 22.0 Å². The highest BCUT2D eigenvalue weighted by Gasteiger charge is 2.29. The summed E-state index contributed by atoms with van der Waals surface area (Å²) in [6.45, 7) is 1.99. The third-order valence-corrected chi connectivity index (χ3v) is 4.39. The van der Waals surface area contributed by atoms with Crippen molar-refractivity contribution in [2.75, 3.05) is 0 Å². The summed E-state index contributed by atoms with van der Waals surface area (Å²) < 4.78 is 65.1. The van der Waals surface area contributed by atoms with Gasteiger partial charge in [0.25, 0.3) is 0 Å². The van der Waals surface area contributed by atoms with E-state index in [0.717, 1.165) is 28.8 Å². The lowest BCUT2D eigenvalue weighted by atomic mass is 9.89. The van der Waals surface area contributed by atoms with Gasteiger partial charge in [-0.1, -0.05) is 60.2 Å². The molecule has 140 valence electrons. The van der Waals surface area contributed by atoms with Gasteiger partial charge in [-0.3, -0.25) is 0 Å². The van der Waals surface area contributed by atoms with Crippen LogP contribution in [0, 0.1) is 12.8 Å². The Kier molecular flexibility index (Phi) is 5.31. The number of halogens is 5. The molecule has 2 unspecified atom stereocenters. The highest BCUT2D eigenvalue weighted by molar-refractivity contribution is 5.78. The lowest BCUT2D eigenvalue weighted by Crippen LogP contribution is -2.17. The van der Waals surface area contributed by atoms with Crippen molar-refractivity contribution in [2.45, 2.75) is 19.3 Å². The van der Waals surface area contributed by atoms with E-state index >= 15 is 0 Å². The summed E-state index contributed by atoms with van der Waals surface area (Å²) in [5, 5.41) is 0. The summed E-state index contributed by atoms with van der Waals surface area (Å²) in [6.07, 6.45) is -3.84. The summed E-state index contributed by atoms with van der Waals surface area (Å²) in [5.41, 5.74) is 4.04. The van der Waals surface area contributed by atoms with Crippen molar-refractivity contribution in [1.82, 2.24) is 0 Å². The normalized spacial score (nSPS) is 20.5. The van der Waals surface area contributed by atoms with E-state index in [1.165, 1.54) is 0 Å². The van der Waals surface area contributed by atoms with E-state index in [4.69, 9.17) is 0 Å². The van der Waals surface area contributed by atoms with Gasteiger partial charge in [0.05, 0.1) is 5.92 Å². The van der Waals surface area contributed by atoms with Crippen LogP contribution in [-0.4, -0.2) is 12.3 Å². The zero-order chi connectivity index (χ0) is 19.6. The van der Waals surface area contributed by atoms with Gasteiger partial charge in [-0.15, -0.1) is 0 Å². The minimum absolute atomic E-state index is 0.132. The molecule has 2 atom stereocenters. The van der Waals surface area contributed by atoms with Crippen molar-refractivity contribution in [3.63, 3.8) is 0 Å². The van der Waals surface area contributed by atoms with E-state index < -0.39 is 24.1 Å². The second kappa shape index (κ2) is 7.51. The SMILES string of the molecule is Cc1ccc(-c2ccc(C3=CC(F)C(/C=C/C(F)(F)F)C(F)=C3)cc2)cc1. The smallest absolute Gasteiger partial charge is 0.242 e. The molecule has 0 heterocycles. The van der Waals surface area contributed by atoms with Crippen molar-refractivity contribution in [1.29, 1.82) is 0 Å². The van der Waals surface area contributed by atoms with Crippen LogP contribution in [0.1, 0.15) is 11.1 Å². The van der Waals surface area contributed by atoms with Gasteiger partial charge in [-0.2, -0.15) is 13.2 Å². The molecule has 0 aliphatic heterocycles. The van der Waals surface area contributed by atoms with Crippen LogP contribution < -0.4 is 0 Å². The van der Waals surface area contributed by atoms with E-state index in [1.54, 1.807) is 12.1 Å². The Morgan fingerprint density at radius 3 is 1.89 bits per heavy atom. The largest absolute Gasteiger partial charge is 0.409 e. The van der Waals surface area contributed by atoms with E-state index in [2.05, 4.69) is 0 Å². The van der Waals surface area contributed by atoms with Gasteiger partial charge in [-0.05, 0) is 41.3 Å². The van der Waals surface area contributed by atoms with Gasteiger partial charge >= 0.3 is 6.18 Å². The van der Waals surface area contributed by atoms with Crippen LogP contribution in [0.15, 0.2) is 78.7 Å². The lowest BCUT2D eigenvalue weighted by molar-refractivity contribution is -0.0802. The topological polar surface area (TPSA) is 0 Å². The average Bonchev–Trinajstić information content (AvgIpc) is 2.61. The molecule has 0 aromatic heterocycles. The van der Waals surface area contributed by atoms with Gasteiger partial charge in [0, 0.05) is 6.08 Å². The Labute approximate surface area is 154 Å². The molecule has 0 saturated carbocycles. The summed E-state index contributed by atoms with van der Waals surface area (Å²) in [4.78, 5) is 0. The number of hydrogen-bond donors (Lipinski definition) is 0. The number of alkyl halides is 4. The van der Waals surface area contributed by atoms with Crippen LogP contribution >= 0.6 is 0 Å². The van der Waals surface area contributed by atoms with E-state index in [0.29, 0.717) is 17.2 Å². The highest BCUT2D eigenvalue weighted by Crippen LogP contribution is 2.34. The standard InChI is InChI=1S/C22H17F5/c1-14-2-4-15(5-3-14)16-6-8-17(9-7-16)18-12-20(23)19(21(24)13-18)10-11-22(25,26)27/h2-13,19-20H,1H3/b11-10+. The van der Waals surface area contributed by atoms with Crippen LogP contribution in [-0.2, 0) is 0 Å². The Bertz CT molecular complexity index is 884. The Hall–Kier alpha value is -2.69. The predicted octanol–water partition coefficient (Wildman–Crippen LogP) is 6.99. The lowest BCUT2D eigenvalue weighted by Gasteiger charge is -2.20. The zero-order valence-corrected chi connectivity index (χ0v) is 14.5. The van der Waals surface area contributed by atoms with Crippen molar-refractivity contribution in [3.05, 3.63) is 89.8 Å². The first-order valence-electron chi connectivity index (χ1n) is 8.39. The molecule has 0 fully saturated rings. The summed E-state index contributed by atoms with van der Waals surface area (Å²) in [6, 6.07) is 15.1. The zero-order valence-electron chi connectivity index (χ0n) is 14.5. The van der Waals surface area contributed by atoms with Crippen LogP contribution in [0.5, 0.6) is 0 Å². The van der Waals surface area contributed by atoms with Crippen LogP contribution in [0.3, 0.4) is 0 Å². The number of hydrogen-bond acceptors (Lipinski definition) is 0. The third-order valence-electron chi connectivity index (χ3n) is 4.39. The average molecular weight is 376 g/mol. The van der Waals surface area contributed by atoms with E-state index in [9.17, 15) is 22.0 Å². The summed E-state index contributed by atoms with van der Waals surface area (Å²) in [7, 11) is 0. The molecule has 1 aliphatic rings. The molecule has 0 amide bonds. The predicted molar refractivity (Wildman–Crippen MR) is 97.4 cm³/mol. The van der Waals surface area contributed by atoms with Gasteiger partial charge in [0.15, 0.2) is 0 Å². The van der Waals surface area contributed by atoms with Gasteiger partial charge in [0.2, 0.25) is 0 Å². The second-order valence-electron chi connectivity index (χ2n) is 6.47. The molecule has 0 saturated heterocycles. The Morgan fingerprint density at radius 1 is 0.852 bits per heavy atom. The molecular weight excluding hydrogens is 359 g/mol. The summed E-state index contributed by atoms with van der Waals surface area (Å²) in [5.74, 6) is -2.48. The minimum Gasteiger partial charge on any atom is -0.242 e. The monoisotopic (exact) mass is 376 g/mol. The molecule has 5 heteroatoms. The molecular formula is C22H17F5. The highest BCUT2D eigenvalue weighted by atomic mass is 19.4. The first-order chi connectivity index (χ1) is 12.7. The van der Waals surface area contributed by atoms with E-state index in [1.807, 2.05) is 43.3 Å². The van der Waals surface area contributed by atoms with Crippen molar-refractivity contribution in [2.24, 2.45) is 5.92 Å². The molecule has 0 bridgehead atoms. The third kappa shape index (κ3) is 4.73. The maximum absolute atomic E-state index is 14.2. The van der Waals surface area contributed by atoms with E-state index in [-0.39, 0.29) is 6.08 Å². The maximum atomic E-state index is 14.2. The molecule has 2 aromatic rings. The molecule has 3 rings (SSSR count). The van der Waals surface area contributed by atoms with Crippen molar-refractivity contribution in [3.8, 4) is 11.1 Å². The Morgan fingerprint density at radius 2 is 1.37 bits per heavy atom. The fraction of sp³-hybridized carbons (Fsp3) is 0.182. The fourth-order valence-electron chi connectivity index (χ4n) is 2.91. The fourth-order valence-corrected chi connectivity index (χ4v) is 2.91. The van der Waals surface area contributed by atoms with Crippen LogP contribution in [0.2, 0.25) is 0 Å². The first kappa shape index (κ1) is 19.1. The summed E-state index contributed by atoms with van der Waals surface area (Å²) >= 11 is 0. The van der Waals surface area contributed by atoms with Crippen molar-refractivity contribution >= 4 is 5.57 Å². The first-order valence-corrected chi connectivity index (χ1v) is 8.39. The molecule has 0 radical (unpaired) electrons. The molecule has 2 aromatic carbocycles. The molecule has 27 heavy (non-hydrogen) atoms. The maximum Gasteiger partial charge on any atom is 0.409 e. The van der Waals surface area contributed by atoms with Gasteiger partial charge < -0.3 is 0 Å². The van der Waals surface area contributed by atoms with Gasteiger partial charge in [0.1, 0.15) is 12.0 Å². The second-order valence-corrected chi connectivity index (χ2v) is 6.47. The Balaban J connectivity index is 1.81. The number of aryl methyl sites for hydroxylation is 1. The molecule has 0 nitrogen and oxygen atoms in total. The number of allylic oxidation sites excluding steroid dienone is 6.